The third-order valence-corrected chi connectivity index (χ3v) is 36.7. The Morgan fingerprint density at radius 3 is 0.671 bits per heavy atom. The maximum Gasteiger partial charge on any atom is 0 e. The van der Waals surface area contributed by atoms with E-state index in [1.165, 1.54) is 26.4 Å². The number of carboxylic acid groups (broad SMARTS) is 2. The summed E-state index contributed by atoms with van der Waals surface area (Å²) in [6, 6.07) is 83.0. The maximum absolute atomic E-state index is 12.0. The van der Waals surface area contributed by atoms with Gasteiger partial charge in [0, 0.05) is 58.8 Å². The van der Waals surface area contributed by atoms with Gasteiger partial charge in [0.15, 0.2) is 0 Å². The summed E-state index contributed by atoms with van der Waals surface area (Å²) in [4.78, 5) is 24.1. The minimum atomic E-state index is -3.51. The van der Waals surface area contributed by atoms with Crippen LogP contribution in [0.1, 0.15) is 33.5 Å². The Morgan fingerprint density at radius 2 is 0.524 bits per heavy atom. The second-order valence-corrected chi connectivity index (χ2v) is 36.8. The molecule has 11 rings (SSSR count). The van der Waals surface area contributed by atoms with Crippen molar-refractivity contribution in [1.29, 1.82) is 0 Å². The molecule has 2 unspecified atom stereocenters. The monoisotopic (exact) mass is 1360 g/mol. The predicted molar refractivity (Wildman–Crippen MR) is 344 cm³/mol. The van der Waals surface area contributed by atoms with Crippen molar-refractivity contribution in [3.8, 4) is 0 Å². The molecule has 0 N–H and O–H groups in total. The van der Waals surface area contributed by atoms with Gasteiger partial charge in [0.1, 0.15) is 0 Å². The molecule has 0 aliphatic heterocycles. The van der Waals surface area contributed by atoms with Gasteiger partial charge in [-0.05, 0) is 54.7 Å². The molecule has 82 heavy (non-hydrogen) atoms. The van der Waals surface area contributed by atoms with Crippen molar-refractivity contribution in [3.63, 3.8) is 0 Å². The summed E-state index contributed by atoms with van der Waals surface area (Å²) in [5.41, 5.74) is 10.7. The van der Waals surface area contributed by atoms with Gasteiger partial charge in [0.05, 0.1) is 0 Å². The zero-order valence-corrected chi connectivity index (χ0v) is 53.8. The zero-order valence-electron chi connectivity index (χ0n) is 44.8. The summed E-state index contributed by atoms with van der Waals surface area (Å²) in [6.07, 6.45) is 21.4. The van der Waals surface area contributed by atoms with Gasteiger partial charge in [-0.3, -0.25) is 0 Å². The summed E-state index contributed by atoms with van der Waals surface area (Å²) in [7, 11) is 0. The van der Waals surface area contributed by atoms with Gasteiger partial charge >= 0.3 is 361 Å². The third-order valence-electron chi connectivity index (χ3n) is 13.6. The van der Waals surface area contributed by atoms with Gasteiger partial charge in [0.2, 0.25) is 0 Å². The first-order chi connectivity index (χ1) is 39.6. The minimum absolute atomic E-state index is 0. The van der Waals surface area contributed by atoms with Crippen LogP contribution in [0.3, 0.4) is 0 Å². The molecule has 4 nitrogen and oxygen atoms in total. The first kappa shape index (κ1) is 64.4. The van der Waals surface area contributed by atoms with Crippen LogP contribution in [0.5, 0.6) is 0 Å². The van der Waals surface area contributed by atoms with Crippen molar-refractivity contribution in [2.45, 2.75) is 22.3 Å². The first-order valence-corrected chi connectivity index (χ1v) is 36.2. The van der Waals surface area contributed by atoms with Crippen LogP contribution in [0.25, 0.3) is 0 Å². The van der Waals surface area contributed by atoms with Crippen LogP contribution in [0, 0.1) is 19.3 Å². The number of carbonyl (C=O) groups excluding carboxylic acids is 2. The number of halogens is 3. The number of carbonyl (C=O) groups is 2. The molecule has 0 aromatic heterocycles. The van der Waals surface area contributed by atoms with Gasteiger partial charge < -0.3 is 0 Å². The van der Waals surface area contributed by atoms with E-state index in [2.05, 4.69) is 187 Å². The van der Waals surface area contributed by atoms with E-state index >= 15 is 0 Å². The molecule has 10 heteroatoms. The Bertz CT molecular complexity index is 3080. The molecule has 406 valence electrons. The van der Waals surface area contributed by atoms with E-state index in [0.717, 1.165) is 26.2 Å². The van der Waals surface area contributed by atoms with Gasteiger partial charge in [-0.25, -0.2) is 0 Å². The van der Waals surface area contributed by atoms with Gasteiger partial charge in [0.25, 0.3) is 0 Å². The van der Waals surface area contributed by atoms with Crippen LogP contribution in [0.15, 0.2) is 330 Å². The molecule has 0 bridgehead atoms. The molecular formula is C72H58Cl3Ge2O4Sb-2. The van der Waals surface area contributed by atoms with Gasteiger partial charge in [-0.2, -0.15) is 0 Å². The molecule has 0 heterocycles. The number of carboxylic acids is 2. The van der Waals surface area contributed by atoms with Crippen LogP contribution in [0.2, 0.25) is 0 Å². The fraction of sp³-hybridized carbons (Fsp3) is 0.0556. The molecule has 3 aliphatic carbocycles. The molecule has 0 fully saturated rings. The molecule has 6 radical (unpaired) electrons. The van der Waals surface area contributed by atoms with Crippen molar-refractivity contribution in [1.82, 2.24) is 0 Å². The fourth-order valence-electron chi connectivity index (χ4n) is 10.3. The van der Waals surface area contributed by atoms with Crippen LogP contribution in [-0.2, 0) is 9.59 Å². The topological polar surface area (TPSA) is 80.3 Å². The van der Waals surface area contributed by atoms with Gasteiger partial charge in [-0.15, -0.1) is 17.2 Å². The average molecular weight is 1360 g/mol. The molecule has 0 saturated carbocycles. The molecule has 3 aliphatic rings. The molecule has 8 aromatic carbocycles. The number of allylic oxidation sites excluding steroid dienone is 9. The Kier molecular flexibility index (Phi) is 27.2. The Labute approximate surface area is 521 Å². The third kappa shape index (κ3) is 18.1. The number of hydrogen-bond acceptors (Lipinski definition) is 4. The van der Waals surface area contributed by atoms with Gasteiger partial charge in [-0.1, -0.05) is 34.8 Å². The number of aliphatic carboxylic acids is 2. The van der Waals surface area contributed by atoms with E-state index in [4.69, 9.17) is 34.8 Å². The van der Waals surface area contributed by atoms with E-state index in [1.807, 2.05) is 72.8 Å². The molecule has 8 aromatic rings. The number of hydrogen-bond donors (Lipinski definition) is 0. The molecule has 0 saturated heterocycles. The smallest absolute Gasteiger partial charge is 0 e. The van der Waals surface area contributed by atoms with Crippen molar-refractivity contribution in [2.24, 2.45) is 0 Å². The van der Waals surface area contributed by atoms with E-state index in [0.29, 0.717) is 0 Å². The quantitative estimate of drug-likeness (QED) is 0.0803. The predicted octanol–water partition coefficient (Wildman–Crippen LogP) is 11.0. The normalized spacial score (nSPS) is 13.3. The molecule has 0 spiro atoms. The summed E-state index contributed by atoms with van der Waals surface area (Å²) in [5.74, 6) is -2.02. The molecular weight excluding hydrogens is 1300 g/mol. The zero-order chi connectivity index (χ0) is 57.0. The first-order valence-electron chi connectivity index (χ1n) is 26.3. The Hall–Kier alpha value is -6.75. The Balaban J connectivity index is 0.000000193. The number of rotatable bonds is 14. The van der Waals surface area contributed by atoms with Crippen LogP contribution < -0.4 is 36.6 Å². The van der Waals surface area contributed by atoms with E-state index in [1.54, 1.807) is 73.9 Å². The average Bonchev–Trinajstić information content (AvgIpc) is 3.71. The summed E-state index contributed by atoms with van der Waals surface area (Å²) >= 11 is 9.54. The summed E-state index contributed by atoms with van der Waals surface area (Å²) < 4.78 is 7.12. The summed E-state index contributed by atoms with van der Waals surface area (Å²) in [5, 5.41) is 26.4. The molecule has 2 atom stereocenters. The standard InChI is InChI=1S/2C27H24GeO2.3C6H4Cl.Sb/c2*29-27(30)21-26(22-13-5-1-6-14-22)28(23-15-7-2-8-16-23,24-17-9-3-10-18-24)25-19-11-4-12-20-25;3*7-6-4-2-1-3-5-6;/h2*1-20,26H,21H2,(H,29,30);3*2-5H;/p-2. The fourth-order valence-corrected chi connectivity index (χ4v) is 33.8. The Morgan fingerprint density at radius 1 is 0.329 bits per heavy atom. The second kappa shape index (κ2) is 34.6. The van der Waals surface area contributed by atoms with Crippen LogP contribution in [0.4, 0.5) is 0 Å². The minimum Gasteiger partial charge on any atom is 0 e. The van der Waals surface area contributed by atoms with E-state index in [9.17, 15) is 19.8 Å². The van der Waals surface area contributed by atoms with Crippen molar-refractivity contribution < 1.29 is 19.8 Å². The second-order valence-electron chi connectivity index (χ2n) is 18.5. The van der Waals surface area contributed by atoms with Crippen molar-refractivity contribution >= 4 is 124 Å². The van der Waals surface area contributed by atoms with Crippen molar-refractivity contribution in [2.75, 3.05) is 0 Å². The van der Waals surface area contributed by atoms with E-state index in [-0.39, 0.29) is 46.8 Å². The van der Waals surface area contributed by atoms with Crippen molar-refractivity contribution in [3.05, 3.63) is 360 Å². The maximum atomic E-state index is 12.0. The van der Waals surface area contributed by atoms with Crippen LogP contribution in [-0.4, -0.2) is 62.9 Å². The molecule has 0 amide bonds. The summed E-state index contributed by atoms with van der Waals surface area (Å²) in [6.45, 7) is 0. The van der Waals surface area contributed by atoms with Crippen LogP contribution >= 0.6 is 34.8 Å². The van der Waals surface area contributed by atoms with E-state index < -0.39 is 38.5 Å². The SMILES string of the molecule is ClC1=CC=C=C[CH]1.ClC1=CC=C=C[CH]1.ClC1=CC=C=C[CH]1.O=C([O-])C[CH](c1ccccc1)[Ge]([c]1ccccc1)([c]1ccccc1)[c]1ccccc1.O=C([O-])C[CH](c1ccccc1)[Ge]([c]1ccccc1)([c]1ccccc1)[c]1ccccc1.[Sb]. The largest absolute Gasteiger partial charge is 0 e. The number of benzene rings is 8.